The van der Waals surface area contributed by atoms with Crippen molar-refractivity contribution in [3.8, 4) is 0 Å². The fraction of sp³-hybridized carbons (Fsp3) is 0.368. The van der Waals surface area contributed by atoms with Crippen LogP contribution in [0.5, 0.6) is 0 Å². The van der Waals surface area contributed by atoms with Crippen molar-refractivity contribution in [2.24, 2.45) is 0 Å². The van der Waals surface area contributed by atoms with Gasteiger partial charge in [-0.25, -0.2) is 8.42 Å². The van der Waals surface area contributed by atoms with Gasteiger partial charge in [0.15, 0.2) is 9.84 Å². The van der Waals surface area contributed by atoms with E-state index in [9.17, 15) is 8.42 Å². The molecule has 1 fully saturated rings. The molecule has 0 atom stereocenters. The highest BCUT2D eigenvalue weighted by molar-refractivity contribution is 7.89. The standard InChI is InChI=1S/C19H23NO2S/c1-14-5-3-7-16(9-14)17-11-19(12-17)20-18-8-4-6-15(10-18)13-23(2,21)22/h3-10,17,19-20H,11-13H2,1-2H3. The average molecular weight is 329 g/mol. The SMILES string of the molecule is Cc1cccc(C2CC(Nc3cccc(CS(C)(=O)=O)c3)C2)c1. The van der Waals surface area contributed by atoms with Gasteiger partial charge in [0.05, 0.1) is 5.75 Å². The van der Waals surface area contributed by atoms with Gasteiger partial charge in [-0.1, -0.05) is 42.0 Å². The number of nitrogens with one attached hydrogen (secondary N) is 1. The molecular weight excluding hydrogens is 306 g/mol. The van der Waals surface area contributed by atoms with Gasteiger partial charge in [0, 0.05) is 18.0 Å². The fourth-order valence-corrected chi connectivity index (χ4v) is 4.01. The zero-order valence-electron chi connectivity index (χ0n) is 13.6. The van der Waals surface area contributed by atoms with Crippen LogP contribution in [0, 0.1) is 6.92 Å². The van der Waals surface area contributed by atoms with Gasteiger partial charge in [-0.05, 0) is 48.9 Å². The van der Waals surface area contributed by atoms with Gasteiger partial charge in [-0.2, -0.15) is 0 Å². The number of aryl methyl sites for hydroxylation is 1. The first-order valence-corrected chi connectivity index (χ1v) is 10.0. The number of hydrogen-bond acceptors (Lipinski definition) is 3. The van der Waals surface area contributed by atoms with E-state index in [4.69, 9.17) is 0 Å². The molecule has 0 bridgehead atoms. The van der Waals surface area contributed by atoms with E-state index >= 15 is 0 Å². The quantitative estimate of drug-likeness (QED) is 0.905. The van der Waals surface area contributed by atoms with Crippen LogP contribution in [0.25, 0.3) is 0 Å². The van der Waals surface area contributed by atoms with Crippen LogP contribution >= 0.6 is 0 Å². The Kier molecular flexibility index (Phi) is 4.44. The summed E-state index contributed by atoms with van der Waals surface area (Å²) in [7, 11) is -2.99. The van der Waals surface area contributed by atoms with Crippen LogP contribution in [0.4, 0.5) is 5.69 Å². The minimum Gasteiger partial charge on any atom is -0.382 e. The van der Waals surface area contributed by atoms with Crippen molar-refractivity contribution in [1.82, 2.24) is 0 Å². The molecule has 3 nitrogen and oxygen atoms in total. The molecule has 0 saturated heterocycles. The molecular formula is C19H23NO2S. The molecule has 23 heavy (non-hydrogen) atoms. The second-order valence-electron chi connectivity index (χ2n) is 6.69. The summed E-state index contributed by atoms with van der Waals surface area (Å²) in [5, 5.41) is 3.52. The zero-order chi connectivity index (χ0) is 16.4. The van der Waals surface area contributed by atoms with Gasteiger partial charge in [0.2, 0.25) is 0 Å². The van der Waals surface area contributed by atoms with E-state index in [1.807, 2.05) is 24.3 Å². The molecule has 0 radical (unpaired) electrons. The summed E-state index contributed by atoms with van der Waals surface area (Å²) in [6.07, 6.45) is 3.52. The highest BCUT2D eigenvalue weighted by Crippen LogP contribution is 2.38. The van der Waals surface area contributed by atoms with Gasteiger partial charge in [0.1, 0.15) is 0 Å². The minimum absolute atomic E-state index is 0.0963. The Morgan fingerprint density at radius 3 is 2.52 bits per heavy atom. The van der Waals surface area contributed by atoms with Crippen molar-refractivity contribution < 1.29 is 8.42 Å². The molecule has 0 amide bonds. The van der Waals surface area contributed by atoms with E-state index in [0.717, 1.165) is 24.1 Å². The molecule has 4 heteroatoms. The van der Waals surface area contributed by atoms with E-state index in [1.165, 1.54) is 17.4 Å². The first kappa shape index (κ1) is 16.1. The fourth-order valence-electron chi connectivity index (χ4n) is 3.22. The number of rotatable bonds is 5. The topological polar surface area (TPSA) is 46.2 Å². The van der Waals surface area contributed by atoms with E-state index in [2.05, 4.69) is 36.5 Å². The summed E-state index contributed by atoms with van der Waals surface area (Å²) in [5.41, 5.74) is 4.59. The highest BCUT2D eigenvalue weighted by atomic mass is 32.2. The maximum absolute atomic E-state index is 11.4. The van der Waals surface area contributed by atoms with Gasteiger partial charge >= 0.3 is 0 Å². The maximum atomic E-state index is 11.4. The molecule has 1 N–H and O–H groups in total. The Balaban J connectivity index is 1.59. The molecule has 0 heterocycles. The Morgan fingerprint density at radius 1 is 1.09 bits per heavy atom. The molecule has 3 rings (SSSR count). The largest absolute Gasteiger partial charge is 0.382 e. The predicted octanol–water partition coefficient (Wildman–Crippen LogP) is 3.90. The van der Waals surface area contributed by atoms with Crippen molar-refractivity contribution >= 4 is 15.5 Å². The molecule has 0 unspecified atom stereocenters. The Morgan fingerprint density at radius 2 is 1.83 bits per heavy atom. The van der Waals surface area contributed by atoms with Crippen LogP contribution in [0.1, 0.15) is 35.4 Å². The maximum Gasteiger partial charge on any atom is 0.151 e. The van der Waals surface area contributed by atoms with Crippen molar-refractivity contribution in [2.45, 2.75) is 37.5 Å². The number of hydrogen-bond donors (Lipinski definition) is 1. The Hall–Kier alpha value is -1.81. The third kappa shape index (κ3) is 4.35. The molecule has 2 aromatic carbocycles. The van der Waals surface area contributed by atoms with Gasteiger partial charge in [-0.3, -0.25) is 0 Å². The molecule has 122 valence electrons. The Bertz CT molecular complexity index is 793. The molecule has 1 aliphatic carbocycles. The van der Waals surface area contributed by atoms with E-state index < -0.39 is 9.84 Å². The van der Waals surface area contributed by atoms with Gasteiger partial charge in [0.25, 0.3) is 0 Å². The highest BCUT2D eigenvalue weighted by Gasteiger charge is 2.30. The van der Waals surface area contributed by atoms with Crippen LogP contribution in [0.2, 0.25) is 0 Å². The smallest absolute Gasteiger partial charge is 0.151 e. The van der Waals surface area contributed by atoms with E-state index in [-0.39, 0.29) is 5.75 Å². The summed E-state index contributed by atoms with van der Waals surface area (Å²) in [5.74, 6) is 0.727. The lowest BCUT2D eigenvalue weighted by molar-refractivity contribution is 0.374. The Labute approximate surface area is 138 Å². The second-order valence-corrected chi connectivity index (χ2v) is 8.83. The van der Waals surface area contributed by atoms with Crippen molar-refractivity contribution in [2.75, 3.05) is 11.6 Å². The molecule has 0 aromatic heterocycles. The predicted molar refractivity (Wildman–Crippen MR) is 95.6 cm³/mol. The first-order chi connectivity index (χ1) is 10.9. The summed E-state index contributed by atoms with van der Waals surface area (Å²) in [4.78, 5) is 0. The molecule has 0 spiro atoms. The molecule has 2 aromatic rings. The lowest BCUT2D eigenvalue weighted by Gasteiger charge is -2.37. The van der Waals surface area contributed by atoms with Crippen molar-refractivity contribution in [3.05, 3.63) is 65.2 Å². The van der Waals surface area contributed by atoms with E-state index in [0.29, 0.717) is 12.0 Å². The van der Waals surface area contributed by atoms with Crippen LogP contribution < -0.4 is 5.32 Å². The summed E-state index contributed by atoms with van der Waals surface area (Å²) < 4.78 is 22.8. The van der Waals surface area contributed by atoms with Crippen LogP contribution in [0.3, 0.4) is 0 Å². The average Bonchev–Trinajstić information content (AvgIpc) is 2.41. The monoisotopic (exact) mass is 329 g/mol. The molecule has 1 saturated carbocycles. The summed E-state index contributed by atoms with van der Waals surface area (Å²) >= 11 is 0. The van der Waals surface area contributed by atoms with Gasteiger partial charge < -0.3 is 5.32 Å². The van der Waals surface area contributed by atoms with Crippen LogP contribution in [-0.2, 0) is 15.6 Å². The lowest BCUT2D eigenvalue weighted by Crippen LogP contribution is -2.34. The minimum atomic E-state index is -2.99. The summed E-state index contributed by atoms with van der Waals surface area (Å²) in [6.45, 7) is 2.13. The van der Waals surface area contributed by atoms with Crippen molar-refractivity contribution in [3.63, 3.8) is 0 Å². The third-order valence-electron chi connectivity index (χ3n) is 4.38. The lowest BCUT2D eigenvalue weighted by atomic mass is 9.75. The molecule has 1 aliphatic rings. The number of benzene rings is 2. The zero-order valence-corrected chi connectivity index (χ0v) is 14.4. The van der Waals surface area contributed by atoms with Gasteiger partial charge in [-0.15, -0.1) is 0 Å². The van der Waals surface area contributed by atoms with Crippen LogP contribution in [-0.4, -0.2) is 20.7 Å². The van der Waals surface area contributed by atoms with E-state index in [1.54, 1.807) is 0 Å². The second kappa shape index (κ2) is 6.36. The normalized spacial score (nSPS) is 20.8. The first-order valence-electron chi connectivity index (χ1n) is 7.99. The van der Waals surface area contributed by atoms with Crippen molar-refractivity contribution in [1.29, 1.82) is 0 Å². The number of anilines is 1. The summed E-state index contributed by atoms with van der Waals surface area (Å²) in [6, 6.07) is 16.9. The molecule has 0 aliphatic heterocycles. The van der Waals surface area contributed by atoms with Crippen LogP contribution in [0.15, 0.2) is 48.5 Å². The third-order valence-corrected chi connectivity index (χ3v) is 5.24. The number of sulfone groups is 1.